The van der Waals surface area contributed by atoms with E-state index >= 15 is 0 Å². The summed E-state index contributed by atoms with van der Waals surface area (Å²) in [6, 6.07) is 12.5. The number of rotatable bonds is 6. The normalized spacial score (nSPS) is 10.7. The second-order valence-electron chi connectivity index (χ2n) is 5.19. The number of halogens is 2. The van der Waals surface area contributed by atoms with Crippen LogP contribution in [0, 0.1) is 17.1 Å². The zero-order chi connectivity index (χ0) is 19.8. The van der Waals surface area contributed by atoms with Gasteiger partial charge in [-0.3, -0.25) is 4.79 Å². The van der Waals surface area contributed by atoms with E-state index in [1.54, 1.807) is 36.4 Å². The molecule has 0 spiro atoms. The molecule has 0 unspecified atom stereocenters. The first-order chi connectivity index (χ1) is 12.9. The number of amides is 1. The molecule has 27 heavy (non-hydrogen) atoms. The molecule has 1 N–H and O–H groups in total. The molecular weight excluding hydrogens is 419 g/mol. The van der Waals surface area contributed by atoms with Gasteiger partial charge in [-0.25, -0.2) is 9.18 Å². The second-order valence-corrected chi connectivity index (χ2v) is 6.11. The van der Waals surface area contributed by atoms with Gasteiger partial charge in [0.1, 0.15) is 23.2 Å². The molecule has 6 nitrogen and oxygen atoms in total. The Bertz CT molecular complexity index is 920. The van der Waals surface area contributed by atoms with Crippen LogP contribution in [-0.2, 0) is 14.3 Å². The van der Waals surface area contributed by atoms with Crippen molar-refractivity contribution in [2.75, 3.05) is 19.0 Å². The third kappa shape index (κ3) is 5.94. The van der Waals surface area contributed by atoms with Gasteiger partial charge in [-0.2, -0.15) is 5.26 Å². The lowest BCUT2D eigenvalue weighted by atomic mass is 10.1. The van der Waals surface area contributed by atoms with Crippen LogP contribution in [0.2, 0.25) is 0 Å². The molecule has 138 valence electrons. The molecule has 0 atom stereocenters. The molecule has 0 aliphatic rings. The molecule has 0 radical (unpaired) electrons. The fraction of sp³-hybridized carbons (Fsp3) is 0.105. The van der Waals surface area contributed by atoms with E-state index in [1.165, 1.54) is 25.3 Å². The Morgan fingerprint density at radius 2 is 1.96 bits per heavy atom. The van der Waals surface area contributed by atoms with Gasteiger partial charge in [-0.05, 0) is 42.0 Å². The zero-order valence-electron chi connectivity index (χ0n) is 14.2. The number of nitrogens with zero attached hydrogens (tertiary/aromatic N) is 1. The predicted octanol–water partition coefficient (Wildman–Crippen LogP) is 3.69. The highest BCUT2D eigenvalue weighted by Gasteiger charge is 2.14. The van der Waals surface area contributed by atoms with Crippen LogP contribution in [0.15, 0.2) is 52.5 Å². The smallest absolute Gasteiger partial charge is 0.349 e. The number of nitrogens with one attached hydrogen (secondary N) is 1. The molecular formula is C19H14BrFN2O4. The van der Waals surface area contributed by atoms with Crippen molar-refractivity contribution in [1.82, 2.24) is 0 Å². The van der Waals surface area contributed by atoms with Gasteiger partial charge in [0.15, 0.2) is 6.61 Å². The van der Waals surface area contributed by atoms with Gasteiger partial charge in [-0.15, -0.1) is 0 Å². The van der Waals surface area contributed by atoms with Crippen LogP contribution in [0.5, 0.6) is 5.75 Å². The second kappa shape index (κ2) is 9.50. The third-order valence-corrected chi connectivity index (χ3v) is 3.80. The Morgan fingerprint density at radius 3 is 2.56 bits per heavy atom. The number of ether oxygens (including phenoxy) is 2. The lowest BCUT2D eigenvalue weighted by Crippen LogP contribution is -2.21. The SMILES string of the molecule is COc1ccc(C=C(C#N)C(=O)OCC(=O)Nc2ccc(Br)cc2F)cc1. The number of carbonyl (C=O) groups excluding carboxylic acids is 2. The van der Waals surface area contributed by atoms with Gasteiger partial charge in [0, 0.05) is 4.47 Å². The highest BCUT2D eigenvalue weighted by atomic mass is 79.9. The first-order valence-electron chi connectivity index (χ1n) is 7.61. The average molecular weight is 433 g/mol. The molecule has 0 aromatic heterocycles. The Kier molecular flexibility index (Phi) is 7.08. The van der Waals surface area contributed by atoms with Gasteiger partial charge in [0.05, 0.1) is 12.8 Å². The zero-order valence-corrected chi connectivity index (χ0v) is 15.7. The largest absolute Gasteiger partial charge is 0.497 e. The van der Waals surface area contributed by atoms with Crippen LogP contribution >= 0.6 is 15.9 Å². The lowest BCUT2D eigenvalue weighted by Gasteiger charge is -2.07. The number of anilines is 1. The van der Waals surface area contributed by atoms with Crippen LogP contribution in [0.3, 0.4) is 0 Å². The Hall–Kier alpha value is -3.18. The molecule has 1 amide bonds. The molecule has 0 fully saturated rings. The number of esters is 1. The predicted molar refractivity (Wildman–Crippen MR) is 100 cm³/mol. The highest BCUT2D eigenvalue weighted by Crippen LogP contribution is 2.19. The van der Waals surface area contributed by atoms with Crippen molar-refractivity contribution < 1.29 is 23.5 Å². The Labute approximate surface area is 163 Å². The molecule has 0 saturated carbocycles. The van der Waals surface area contributed by atoms with Crippen molar-refractivity contribution in [1.29, 1.82) is 5.26 Å². The van der Waals surface area contributed by atoms with Crippen molar-refractivity contribution in [3.63, 3.8) is 0 Å². The molecule has 8 heteroatoms. The summed E-state index contributed by atoms with van der Waals surface area (Å²) in [5.74, 6) is -1.70. The van der Waals surface area contributed by atoms with Gasteiger partial charge in [0.2, 0.25) is 0 Å². The average Bonchev–Trinajstić information content (AvgIpc) is 2.67. The van der Waals surface area contributed by atoms with E-state index in [0.717, 1.165) is 0 Å². The van der Waals surface area contributed by atoms with E-state index < -0.39 is 24.3 Å². The van der Waals surface area contributed by atoms with E-state index in [4.69, 9.17) is 14.7 Å². The van der Waals surface area contributed by atoms with Crippen LogP contribution in [0.4, 0.5) is 10.1 Å². The Morgan fingerprint density at radius 1 is 1.26 bits per heavy atom. The maximum Gasteiger partial charge on any atom is 0.349 e. The molecule has 2 rings (SSSR count). The monoisotopic (exact) mass is 432 g/mol. The van der Waals surface area contributed by atoms with Crippen molar-refractivity contribution in [3.8, 4) is 11.8 Å². The molecule has 0 saturated heterocycles. The number of benzene rings is 2. The number of hydrogen-bond donors (Lipinski definition) is 1. The maximum atomic E-state index is 13.7. The quantitative estimate of drug-likeness (QED) is 0.427. The summed E-state index contributed by atoms with van der Waals surface area (Å²) in [7, 11) is 1.52. The summed E-state index contributed by atoms with van der Waals surface area (Å²) in [4.78, 5) is 23.8. The minimum absolute atomic E-state index is 0.0477. The standard InChI is InChI=1S/C19H14BrFN2O4/c1-26-15-5-2-12(3-6-15)8-13(10-22)19(25)27-11-18(24)23-17-7-4-14(20)9-16(17)21/h2-9H,11H2,1H3,(H,23,24). The number of methoxy groups -OCH3 is 1. The van der Waals surface area contributed by atoms with E-state index in [-0.39, 0.29) is 11.3 Å². The number of carbonyl (C=O) groups is 2. The van der Waals surface area contributed by atoms with Crippen molar-refractivity contribution in [2.45, 2.75) is 0 Å². The summed E-state index contributed by atoms with van der Waals surface area (Å²) in [5, 5.41) is 11.4. The van der Waals surface area contributed by atoms with Crippen molar-refractivity contribution in [3.05, 3.63) is 63.9 Å². The van der Waals surface area contributed by atoms with Gasteiger partial charge in [-0.1, -0.05) is 28.1 Å². The fourth-order valence-electron chi connectivity index (χ4n) is 1.99. The summed E-state index contributed by atoms with van der Waals surface area (Å²) in [5.41, 5.74) is 0.266. The van der Waals surface area contributed by atoms with Gasteiger partial charge >= 0.3 is 5.97 Å². The van der Waals surface area contributed by atoms with E-state index in [0.29, 0.717) is 15.8 Å². The molecule has 2 aromatic rings. The maximum absolute atomic E-state index is 13.7. The van der Waals surface area contributed by atoms with Crippen LogP contribution < -0.4 is 10.1 Å². The van der Waals surface area contributed by atoms with Gasteiger partial charge in [0.25, 0.3) is 5.91 Å². The first kappa shape index (κ1) is 20.1. The van der Waals surface area contributed by atoms with E-state index in [1.807, 2.05) is 0 Å². The third-order valence-electron chi connectivity index (χ3n) is 3.31. The Balaban J connectivity index is 1.96. The minimum Gasteiger partial charge on any atom is -0.497 e. The molecule has 0 aliphatic heterocycles. The summed E-state index contributed by atoms with van der Waals surface area (Å²) < 4.78 is 24.0. The van der Waals surface area contributed by atoms with Crippen molar-refractivity contribution in [2.24, 2.45) is 0 Å². The lowest BCUT2D eigenvalue weighted by molar-refractivity contribution is -0.142. The molecule has 2 aromatic carbocycles. The molecule has 0 bridgehead atoms. The van der Waals surface area contributed by atoms with Crippen molar-refractivity contribution >= 4 is 39.6 Å². The first-order valence-corrected chi connectivity index (χ1v) is 8.40. The van der Waals surface area contributed by atoms with E-state index in [9.17, 15) is 14.0 Å². The summed E-state index contributed by atoms with van der Waals surface area (Å²) in [6.07, 6.45) is 1.33. The van der Waals surface area contributed by atoms with Crippen LogP contribution in [0.1, 0.15) is 5.56 Å². The van der Waals surface area contributed by atoms with Crippen LogP contribution in [-0.4, -0.2) is 25.6 Å². The van der Waals surface area contributed by atoms with E-state index in [2.05, 4.69) is 21.2 Å². The number of nitriles is 1. The van der Waals surface area contributed by atoms with Crippen LogP contribution in [0.25, 0.3) is 6.08 Å². The number of hydrogen-bond acceptors (Lipinski definition) is 5. The van der Waals surface area contributed by atoms with Gasteiger partial charge < -0.3 is 14.8 Å². The molecule has 0 heterocycles. The highest BCUT2D eigenvalue weighted by molar-refractivity contribution is 9.10. The topological polar surface area (TPSA) is 88.4 Å². The minimum atomic E-state index is -0.959. The summed E-state index contributed by atoms with van der Waals surface area (Å²) >= 11 is 3.11. The summed E-state index contributed by atoms with van der Waals surface area (Å²) in [6.45, 7) is -0.657. The molecule has 0 aliphatic carbocycles. The fourth-order valence-corrected chi connectivity index (χ4v) is 2.32.